The lowest BCUT2D eigenvalue weighted by molar-refractivity contribution is 0.103. The molecule has 0 bridgehead atoms. The zero-order chi connectivity index (χ0) is 17.5. The lowest BCUT2D eigenvalue weighted by atomic mass is 10.1. The third-order valence-corrected chi connectivity index (χ3v) is 4.52. The second kappa shape index (κ2) is 8.44. The summed E-state index contributed by atoms with van der Waals surface area (Å²) in [6, 6.07) is 17.2. The maximum Gasteiger partial charge on any atom is 0.268 e. The minimum Gasteiger partial charge on any atom is -0.494 e. The maximum absolute atomic E-state index is 12.6. The summed E-state index contributed by atoms with van der Waals surface area (Å²) in [7, 11) is 0. The highest BCUT2D eigenvalue weighted by Crippen LogP contribution is 2.26. The van der Waals surface area contributed by atoms with Gasteiger partial charge < -0.3 is 10.1 Å². The molecule has 0 saturated heterocycles. The quantitative estimate of drug-likeness (QED) is 0.592. The van der Waals surface area contributed by atoms with Gasteiger partial charge in [-0.3, -0.25) is 4.79 Å². The van der Waals surface area contributed by atoms with Crippen molar-refractivity contribution >= 4 is 22.9 Å². The van der Waals surface area contributed by atoms with Crippen molar-refractivity contribution in [2.75, 3.05) is 11.9 Å². The van der Waals surface area contributed by atoms with Crippen molar-refractivity contribution in [3.05, 3.63) is 65.0 Å². The van der Waals surface area contributed by atoms with E-state index in [-0.39, 0.29) is 5.91 Å². The summed E-state index contributed by atoms with van der Waals surface area (Å²) in [6.45, 7) is 2.84. The third-order valence-electron chi connectivity index (χ3n) is 3.70. The van der Waals surface area contributed by atoms with Crippen molar-refractivity contribution < 1.29 is 9.53 Å². The van der Waals surface area contributed by atoms with Gasteiger partial charge in [-0.15, -0.1) is 11.3 Å². The van der Waals surface area contributed by atoms with Crippen LogP contribution in [0.4, 0.5) is 5.69 Å². The number of ether oxygens (including phenoxy) is 1. The number of benzene rings is 2. The van der Waals surface area contributed by atoms with Gasteiger partial charge in [0.1, 0.15) is 10.6 Å². The van der Waals surface area contributed by atoms with Crippen molar-refractivity contribution in [1.29, 1.82) is 0 Å². The van der Waals surface area contributed by atoms with E-state index in [1.807, 2.05) is 54.6 Å². The lowest BCUT2D eigenvalue weighted by Gasteiger charge is -2.08. The summed E-state index contributed by atoms with van der Waals surface area (Å²) in [5, 5.41) is 2.92. The summed E-state index contributed by atoms with van der Waals surface area (Å²) >= 11 is 1.34. The number of thiazole rings is 1. The highest BCUT2D eigenvalue weighted by molar-refractivity contribution is 7.12. The number of amides is 1. The van der Waals surface area contributed by atoms with E-state index in [9.17, 15) is 4.79 Å². The molecular weight excluding hydrogens is 332 g/mol. The van der Waals surface area contributed by atoms with Crippen LogP contribution >= 0.6 is 11.3 Å². The molecule has 0 unspecified atom stereocenters. The molecule has 128 valence electrons. The topological polar surface area (TPSA) is 51.2 Å². The first-order valence-corrected chi connectivity index (χ1v) is 9.19. The number of nitrogens with one attached hydrogen (secondary N) is 1. The SMILES string of the molecule is CCCCOc1ccc(NC(=O)c2scnc2-c2ccccc2)cc1. The molecule has 0 saturated carbocycles. The van der Waals surface area contributed by atoms with Crippen LogP contribution < -0.4 is 10.1 Å². The van der Waals surface area contributed by atoms with E-state index in [4.69, 9.17) is 4.74 Å². The number of nitrogens with zero attached hydrogens (tertiary/aromatic N) is 1. The van der Waals surface area contributed by atoms with E-state index in [0.717, 1.165) is 29.8 Å². The second-order valence-corrected chi connectivity index (χ2v) is 6.43. The molecule has 0 aliphatic rings. The number of carbonyl (C=O) groups excluding carboxylic acids is 1. The van der Waals surface area contributed by atoms with Gasteiger partial charge >= 0.3 is 0 Å². The predicted molar refractivity (Wildman–Crippen MR) is 102 cm³/mol. The fraction of sp³-hybridized carbons (Fsp3) is 0.200. The largest absolute Gasteiger partial charge is 0.494 e. The molecule has 5 heteroatoms. The first-order valence-electron chi connectivity index (χ1n) is 8.31. The van der Waals surface area contributed by atoms with Crippen molar-refractivity contribution in [1.82, 2.24) is 4.98 Å². The average molecular weight is 352 g/mol. The monoisotopic (exact) mass is 352 g/mol. The highest BCUT2D eigenvalue weighted by Gasteiger charge is 2.16. The predicted octanol–water partition coefficient (Wildman–Crippen LogP) is 5.24. The van der Waals surface area contributed by atoms with Gasteiger partial charge in [0, 0.05) is 11.3 Å². The standard InChI is InChI=1S/C20H20N2O2S/c1-2-3-13-24-17-11-9-16(10-12-17)22-20(23)19-18(21-14-25-19)15-7-5-4-6-8-15/h4-12,14H,2-3,13H2,1H3,(H,22,23). The van der Waals surface area contributed by atoms with E-state index < -0.39 is 0 Å². The maximum atomic E-state index is 12.6. The lowest BCUT2D eigenvalue weighted by Crippen LogP contribution is -2.11. The molecular formula is C20H20N2O2S. The van der Waals surface area contributed by atoms with E-state index >= 15 is 0 Å². The molecule has 2 aromatic carbocycles. The molecule has 3 rings (SSSR count). The van der Waals surface area contributed by atoms with Crippen LogP contribution in [0.5, 0.6) is 5.75 Å². The number of hydrogen-bond donors (Lipinski definition) is 1. The second-order valence-electron chi connectivity index (χ2n) is 5.58. The molecule has 25 heavy (non-hydrogen) atoms. The Balaban J connectivity index is 1.68. The van der Waals surface area contributed by atoms with Crippen LogP contribution in [-0.4, -0.2) is 17.5 Å². The first kappa shape index (κ1) is 17.2. The van der Waals surface area contributed by atoms with Gasteiger partial charge in [-0.2, -0.15) is 0 Å². The summed E-state index contributed by atoms with van der Waals surface area (Å²) in [6.07, 6.45) is 2.14. The number of rotatable bonds is 7. The zero-order valence-electron chi connectivity index (χ0n) is 14.1. The molecule has 0 atom stereocenters. The molecule has 0 spiro atoms. The van der Waals surface area contributed by atoms with Crippen LogP contribution in [0.3, 0.4) is 0 Å². The van der Waals surface area contributed by atoms with Crippen LogP contribution in [0, 0.1) is 0 Å². The number of aromatic nitrogens is 1. The Morgan fingerprint density at radius 1 is 1.12 bits per heavy atom. The Morgan fingerprint density at radius 2 is 1.88 bits per heavy atom. The van der Waals surface area contributed by atoms with Crippen molar-refractivity contribution in [2.24, 2.45) is 0 Å². The van der Waals surface area contributed by atoms with Crippen molar-refractivity contribution in [3.8, 4) is 17.0 Å². The van der Waals surface area contributed by atoms with Gasteiger partial charge in [-0.25, -0.2) is 4.98 Å². The molecule has 0 radical (unpaired) electrons. The van der Waals surface area contributed by atoms with Crippen LogP contribution in [0.15, 0.2) is 60.1 Å². The van der Waals surface area contributed by atoms with E-state index in [1.165, 1.54) is 11.3 Å². The third kappa shape index (κ3) is 4.45. The first-order chi connectivity index (χ1) is 12.3. The number of unbranched alkanes of at least 4 members (excludes halogenated alkanes) is 1. The van der Waals surface area contributed by atoms with Gasteiger partial charge in [0.25, 0.3) is 5.91 Å². The van der Waals surface area contributed by atoms with Crippen LogP contribution in [0.1, 0.15) is 29.4 Å². The zero-order valence-corrected chi connectivity index (χ0v) is 14.9. The Kier molecular flexibility index (Phi) is 5.80. The summed E-state index contributed by atoms with van der Waals surface area (Å²) < 4.78 is 5.63. The fourth-order valence-corrected chi connectivity index (χ4v) is 3.07. The van der Waals surface area contributed by atoms with Gasteiger partial charge in [0.05, 0.1) is 17.8 Å². The average Bonchev–Trinajstić information content (AvgIpc) is 3.14. The van der Waals surface area contributed by atoms with Crippen LogP contribution in [-0.2, 0) is 0 Å². The summed E-state index contributed by atoms with van der Waals surface area (Å²) in [5.74, 6) is 0.662. The Hall–Kier alpha value is -2.66. The minimum atomic E-state index is -0.152. The normalized spacial score (nSPS) is 10.4. The molecule has 1 N–H and O–H groups in total. The van der Waals surface area contributed by atoms with Crippen LogP contribution in [0.2, 0.25) is 0 Å². The van der Waals surface area contributed by atoms with Gasteiger partial charge in [-0.1, -0.05) is 43.7 Å². The molecule has 0 aliphatic carbocycles. The molecule has 0 fully saturated rings. The number of carbonyl (C=O) groups is 1. The highest BCUT2D eigenvalue weighted by atomic mass is 32.1. The molecule has 3 aromatic rings. The number of hydrogen-bond acceptors (Lipinski definition) is 4. The van der Waals surface area contributed by atoms with Crippen LogP contribution in [0.25, 0.3) is 11.3 Å². The van der Waals surface area contributed by atoms with Gasteiger partial charge in [0.15, 0.2) is 0 Å². The minimum absolute atomic E-state index is 0.152. The van der Waals surface area contributed by atoms with Crippen molar-refractivity contribution in [3.63, 3.8) is 0 Å². The molecule has 4 nitrogen and oxygen atoms in total. The van der Waals surface area contributed by atoms with Crippen molar-refractivity contribution in [2.45, 2.75) is 19.8 Å². The number of anilines is 1. The Morgan fingerprint density at radius 3 is 2.60 bits per heavy atom. The van der Waals surface area contributed by atoms with E-state index in [2.05, 4.69) is 17.2 Å². The molecule has 1 heterocycles. The fourth-order valence-electron chi connectivity index (χ4n) is 2.37. The summed E-state index contributed by atoms with van der Waals surface area (Å²) in [5.41, 5.74) is 4.08. The Labute approximate surface area is 151 Å². The smallest absolute Gasteiger partial charge is 0.268 e. The van der Waals surface area contributed by atoms with Gasteiger partial charge in [0.2, 0.25) is 0 Å². The molecule has 1 amide bonds. The summed E-state index contributed by atoms with van der Waals surface area (Å²) in [4.78, 5) is 17.5. The Bertz CT molecular complexity index is 813. The van der Waals surface area contributed by atoms with E-state index in [1.54, 1.807) is 5.51 Å². The molecule has 1 aromatic heterocycles. The van der Waals surface area contributed by atoms with E-state index in [0.29, 0.717) is 17.2 Å². The van der Waals surface area contributed by atoms with Gasteiger partial charge in [-0.05, 0) is 30.7 Å². The molecule has 0 aliphatic heterocycles.